The summed E-state index contributed by atoms with van der Waals surface area (Å²) in [6.45, 7) is -0.0215. The van der Waals surface area contributed by atoms with E-state index in [2.05, 4.69) is 4.98 Å². The van der Waals surface area contributed by atoms with Crippen molar-refractivity contribution in [2.24, 2.45) is 5.84 Å². The van der Waals surface area contributed by atoms with Crippen LogP contribution in [0.5, 0.6) is 5.75 Å². The monoisotopic (exact) mass is 295 g/mol. The first-order chi connectivity index (χ1) is 9.61. The fourth-order valence-corrected chi connectivity index (χ4v) is 1.74. The number of nitrogen functional groups attached to an aromatic ring is 1. The van der Waals surface area contributed by atoms with Crippen LogP contribution in [0.15, 0.2) is 36.4 Å². The lowest BCUT2D eigenvalue weighted by atomic mass is 10.3. The number of aromatic nitrogens is 1. The zero-order chi connectivity index (χ0) is 14.5. The van der Waals surface area contributed by atoms with Crippen molar-refractivity contribution in [1.29, 1.82) is 0 Å². The fourth-order valence-electron chi connectivity index (χ4n) is 1.53. The second-order valence-corrected chi connectivity index (χ2v) is 4.23. The molecule has 2 rings (SSSR count). The molecule has 0 aliphatic carbocycles. The highest BCUT2D eigenvalue weighted by Gasteiger charge is 2.10. The van der Waals surface area contributed by atoms with Gasteiger partial charge in [0.2, 0.25) is 0 Å². The largest absolute Gasteiger partial charge is 0.483 e. The van der Waals surface area contributed by atoms with Crippen molar-refractivity contribution in [1.82, 2.24) is 10.4 Å². The maximum atomic E-state index is 13.5. The summed E-state index contributed by atoms with van der Waals surface area (Å²) in [5, 5.41) is 0.167. The number of nitrogens with two attached hydrogens (primary N) is 1. The number of hydrazine groups is 1. The average Bonchev–Trinajstić information content (AvgIpc) is 2.46. The number of benzene rings is 1. The zero-order valence-corrected chi connectivity index (χ0v) is 11.0. The van der Waals surface area contributed by atoms with Gasteiger partial charge in [-0.05, 0) is 24.3 Å². The molecule has 1 aromatic heterocycles. The number of halogens is 2. The molecule has 0 spiro atoms. The first kappa shape index (κ1) is 14.2. The van der Waals surface area contributed by atoms with E-state index < -0.39 is 11.7 Å². The minimum absolute atomic E-state index is 0.0215. The summed E-state index contributed by atoms with van der Waals surface area (Å²) < 4.78 is 18.8. The Bertz CT molecular complexity index is 617. The van der Waals surface area contributed by atoms with Gasteiger partial charge in [-0.15, -0.1) is 0 Å². The molecule has 20 heavy (non-hydrogen) atoms. The highest BCUT2D eigenvalue weighted by Crippen LogP contribution is 2.27. The molecule has 0 aliphatic rings. The summed E-state index contributed by atoms with van der Waals surface area (Å²) in [6, 6.07) is 9.01. The molecule has 0 fully saturated rings. The molecule has 104 valence electrons. The number of rotatable bonds is 4. The second-order valence-electron chi connectivity index (χ2n) is 3.83. The Morgan fingerprint density at radius 3 is 2.80 bits per heavy atom. The van der Waals surface area contributed by atoms with E-state index >= 15 is 0 Å². The Hall–Kier alpha value is -2.18. The minimum atomic E-state index is -0.562. The molecular formula is C13H11ClFN3O2. The molecule has 0 radical (unpaired) electrons. The van der Waals surface area contributed by atoms with Gasteiger partial charge in [0.1, 0.15) is 12.3 Å². The van der Waals surface area contributed by atoms with Crippen LogP contribution >= 0.6 is 11.6 Å². The third-order valence-electron chi connectivity index (χ3n) is 2.45. The Balaban J connectivity index is 2.13. The molecule has 0 saturated carbocycles. The van der Waals surface area contributed by atoms with Crippen molar-refractivity contribution >= 4 is 17.5 Å². The summed E-state index contributed by atoms with van der Waals surface area (Å²) in [7, 11) is 0. The molecule has 2 aromatic rings. The van der Waals surface area contributed by atoms with Crippen molar-refractivity contribution in [2.45, 2.75) is 6.61 Å². The van der Waals surface area contributed by atoms with Gasteiger partial charge in [0, 0.05) is 0 Å². The molecule has 0 atom stereocenters. The van der Waals surface area contributed by atoms with Crippen LogP contribution in [-0.2, 0) is 6.61 Å². The lowest BCUT2D eigenvalue weighted by molar-refractivity contribution is 0.0948. The number of pyridine rings is 1. The summed E-state index contributed by atoms with van der Waals surface area (Å²) in [5.74, 6) is 3.89. The van der Waals surface area contributed by atoms with Gasteiger partial charge in [0.25, 0.3) is 5.91 Å². The summed E-state index contributed by atoms with van der Waals surface area (Å²) >= 11 is 5.83. The van der Waals surface area contributed by atoms with Crippen LogP contribution in [-0.4, -0.2) is 10.9 Å². The van der Waals surface area contributed by atoms with Crippen molar-refractivity contribution in [3.63, 3.8) is 0 Å². The molecule has 0 saturated heterocycles. The van der Waals surface area contributed by atoms with E-state index in [4.69, 9.17) is 22.2 Å². The van der Waals surface area contributed by atoms with Gasteiger partial charge in [-0.2, -0.15) is 0 Å². The average molecular weight is 296 g/mol. The first-order valence-corrected chi connectivity index (χ1v) is 6.03. The van der Waals surface area contributed by atoms with E-state index in [0.29, 0.717) is 5.69 Å². The zero-order valence-electron chi connectivity index (χ0n) is 10.3. The SMILES string of the molecule is NNC(=O)c1cccc(COc2c(F)cccc2Cl)n1. The summed E-state index contributed by atoms with van der Waals surface area (Å²) in [6.07, 6.45) is 0. The fraction of sp³-hybridized carbons (Fsp3) is 0.0769. The van der Waals surface area contributed by atoms with Gasteiger partial charge >= 0.3 is 0 Å². The Kier molecular flexibility index (Phi) is 4.49. The third-order valence-corrected chi connectivity index (χ3v) is 2.75. The predicted octanol–water partition coefficient (Wildman–Crippen LogP) is 2.06. The van der Waals surface area contributed by atoms with Crippen molar-refractivity contribution in [2.75, 3.05) is 0 Å². The van der Waals surface area contributed by atoms with E-state index in [9.17, 15) is 9.18 Å². The normalized spacial score (nSPS) is 10.2. The number of para-hydroxylation sites is 1. The van der Waals surface area contributed by atoms with Crippen molar-refractivity contribution in [3.8, 4) is 5.75 Å². The minimum Gasteiger partial charge on any atom is -0.483 e. The van der Waals surface area contributed by atoms with E-state index in [1.54, 1.807) is 12.1 Å². The number of ether oxygens (including phenoxy) is 1. The van der Waals surface area contributed by atoms with Crippen LogP contribution in [0.2, 0.25) is 5.02 Å². The molecule has 1 aromatic carbocycles. The standard InChI is InChI=1S/C13H11ClFN3O2/c14-9-4-2-5-10(15)12(9)20-7-8-3-1-6-11(17-8)13(19)18-16/h1-6H,7,16H2,(H,18,19). The number of carbonyl (C=O) groups is 1. The molecule has 5 nitrogen and oxygen atoms in total. The van der Waals surface area contributed by atoms with Gasteiger partial charge in [0.05, 0.1) is 10.7 Å². The number of nitrogens with one attached hydrogen (secondary N) is 1. The molecule has 0 aliphatic heterocycles. The third kappa shape index (κ3) is 3.23. The highest BCUT2D eigenvalue weighted by molar-refractivity contribution is 6.32. The van der Waals surface area contributed by atoms with Crippen LogP contribution in [0, 0.1) is 5.82 Å². The lowest BCUT2D eigenvalue weighted by Crippen LogP contribution is -2.30. The molecule has 0 unspecified atom stereocenters. The van der Waals surface area contributed by atoms with E-state index in [1.165, 1.54) is 24.3 Å². The molecule has 7 heteroatoms. The molecule has 1 amide bonds. The Labute approximate surface area is 119 Å². The highest BCUT2D eigenvalue weighted by atomic mass is 35.5. The topological polar surface area (TPSA) is 77.2 Å². The van der Waals surface area contributed by atoms with Crippen molar-refractivity contribution < 1.29 is 13.9 Å². The molecule has 3 N–H and O–H groups in total. The summed E-state index contributed by atoms with van der Waals surface area (Å²) in [4.78, 5) is 15.4. The first-order valence-electron chi connectivity index (χ1n) is 5.65. The number of amides is 1. The lowest BCUT2D eigenvalue weighted by Gasteiger charge is -2.09. The second kappa shape index (κ2) is 6.31. The van der Waals surface area contributed by atoms with Gasteiger partial charge in [-0.3, -0.25) is 10.2 Å². The van der Waals surface area contributed by atoms with Crippen LogP contribution in [0.25, 0.3) is 0 Å². The van der Waals surface area contributed by atoms with Gasteiger partial charge in [-0.1, -0.05) is 23.7 Å². The number of nitrogens with zero attached hydrogens (tertiary/aromatic N) is 1. The summed E-state index contributed by atoms with van der Waals surface area (Å²) in [5.41, 5.74) is 2.57. The quantitative estimate of drug-likeness (QED) is 0.514. The number of hydrogen-bond acceptors (Lipinski definition) is 4. The maximum absolute atomic E-state index is 13.5. The number of hydrogen-bond donors (Lipinski definition) is 2. The van der Waals surface area contributed by atoms with E-state index in [1.807, 2.05) is 5.43 Å². The van der Waals surface area contributed by atoms with Gasteiger partial charge in [-0.25, -0.2) is 15.2 Å². The van der Waals surface area contributed by atoms with E-state index in [0.717, 1.165) is 0 Å². The number of carbonyl (C=O) groups excluding carboxylic acids is 1. The van der Waals surface area contributed by atoms with Gasteiger partial charge < -0.3 is 4.74 Å². The molecule has 0 bridgehead atoms. The molecular weight excluding hydrogens is 285 g/mol. The van der Waals surface area contributed by atoms with Crippen LogP contribution in [0.4, 0.5) is 4.39 Å². The smallest absolute Gasteiger partial charge is 0.283 e. The maximum Gasteiger partial charge on any atom is 0.283 e. The van der Waals surface area contributed by atoms with Crippen LogP contribution < -0.4 is 16.0 Å². The Morgan fingerprint density at radius 1 is 1.35 bits per heavy atom. The predicted molar refractivity (Wildman–Crippen MR) is 71.6 cm³/mol. The van der Waals surface area contributed by atoms with Crippen LogP contribution in [0.3, 0.4) is 0 Å². The Morgan fingerprint density at radius 2 is 2.10 bits per heavy atom. The molecule has 1 heterocycles. The van der Waals surface area contributed by atoms with Crippen LogP contribution in [0.1, 0.15) is 16.2 Å². The van der Waals surface area contributed by atoms with E-state index in [-0.39, 0.29) is 23.1 Å². The van der Waals surface area contributed by atoms with Crippen molar-refractivity contribution in [3.05, 3.63) is 58.6 Å². The van der Waals surface area contributed by atoms with Gasteiger partial charge in [0.15, 0.2) is 11.6 Å².